The molecule has 102 valence electrons. The predicted octanol–water partition coefficient (Wildman–Crippen LogP) is 1.17. The Kier molecular flexibility index (Phi) is 10.5. The highest BCUT2D eigenvalue weighted by Gasteiger charge is 2.06. The summed E-state index contributed by atoms with van der Waals surface area (Å²) in [6.45, 7) is 3.30. The summed E-state index contributed by atoms with van der Waals surface area (Å²) in [6.07, 6.45) is 7.22. The van der Waals surface area contributed by atoms with Crippen molar-refractivity contribution in [2.75, 3.05) is 19.3 Å². The van der Waals surface area contributed by atoms with Crippen molar-refractivity contribution in [3.8, 4) is 0 Å². The molecule has 1 amide bonds. The van der Waals surface area contributed by atoms with Crippen LogP contribution in [0.15, 0.2) is 0 Å². The molecule has 17 heavy (non-hydrogen) atoms. The second-order valence-corrected chi connectivity index (χ2v) is 6.20. The van der Waals surface area contributed by atoms with Gasteiger partial charge >= 0.3 is 0 Å². The zero-order valence-corrected chi connectivity index (χ0v) is 11.9. The Morgan fingerprint density at radius 2 is 1.94 bits per heavy atom. The molecular weight excluding hydrogens is 236 g/mol. The minimum atomic E-state index is -0.797. The van der Waals surface area contributed by atoms with E-state index in [0.717, 1.165) is 38.6 Å². The average Bonchev–Trinajstić information content (AvgIpc) is 2.28. The van der Waals surface area contributed by atoms with Crippen molar-refractivity contribution < 1.29 is 9.00 Å². The van der Waals surface area contributed by atoms with E-state index in [0.29, 0.717) is 13.0 Å². The van der Waals surface area contributed by atoms with E-state index in [1.54, 1.807) is 6.26 Å². The van der Waals surface area contributed by atoms with Crippen LogP contribution < -0.4 is 11.1 Å². The molecule has 5 heteroatoms. The summed E-state index contributed by atoms with van der Waals surface area (Å²) in [7, 11) is -0.797. The van der Waals surface area contributed by atoms with E-state index < -0.39 is 10.8 Å². The van der Waals surface area contributed by atoms with Gasteiger partial charge in [0.15, 0.2) is 0 Å². The van der Waals surface area contributed by atoms with Crippen LogP contribution in [0.1, 0.15) is 45.4 Å². The van der Waals surface area contributed by atoms with Gasteiger partial charge in [0.05, 0.1) is 0 Å². The van der Waals surface area contributed by atoms with E-state index in [1.165, 1.54) is 0 Å². The molecule has 4 nitrogen and oxygen atoms in total. The van der Waals surface area contributed by atoms with Crippen LogP contribution in [0.4, 0.5) is 0 Å². The standard InChI is InChI=1S/C12H26N2O2S/c1-11(17(2)16)8-10-14-12(15)7-5-3-4-6-9-13/h11H,3-10,13H2,1-2H3,(H,14,15). The van der Waals surface area contributed by atoms with Gasteiger partial charge in [-0.05, 0) is 25.8 Å². The molecule has 0 fully saturated rings. The number of carbonyl (C=O) groups excluding carboxylic acids is 1. The number of hydrogen-bond acceptors (Lipinski definition) is 3. The molecule has 0 aliphatic heterocycles. The summed E-state index contributed by atoms with van der Waals surface area (Å²) in [5, 5.41) is 3.01. The number of hydrogen-bond donors (Lipinski definition) is 2. The number of amides is 1. The molecule has 0 aromatic heterocycles. The lowest BCUT2D eigenvalue weighted by Crippen LogP contribution is -2.27. The van der Waals surface area contributed by atoms with Crippen molar-refractivity contribution in [3.05, 3.63) is 0 Å². The molecule has 0 aromatic rings. The van der Waals surface area contributed by atoms with Crippen LogP contribution in [-0.4, -0.2) is 34.7 Å². The van der Waals surface area contributed by atoms with Crippen molar-refractivity contribution in [2.24, 2.45) is 5.73 Å². The molecule has 0 bridgehead atoms. The quantitative estimate of drug-likeness (QED) is 0.580. The summed E-state index contributed by atoms with van der Waals surface area (Å²) in [5.74, 6) is 0.104. The fraction of sp³-hybridized carbons (Fsp3) is 0.917. The van der Waals surface area contributed by atoms with Crippen molar-refractivity contribution in [3.63, 3.8) is 0 Å². The Morgan fingerprint density at radius 1 is 1.29 bits per heavy atom. The Balaban J connectivity index is 3.38. The van der Waals surface area contributed by atoms with Gasteiger partial charge in [0.2, 0.25) is 5.91 Å². The molecule has 3 N–H and O–H groups in total. The predicted molar refractivity (Wildman–Crippen MR) is 73.3 cm³/mol. The SMILES string of the molecule is CC(CCNC(=O)CCCCCCN)S(C)=O. The van der Waals surface area contributed by atoms with Gasteiger partial charge in [-0.2, -0.15) is 0 Å². The van der Waals surface area contributed by atoms with Crippen LogP contribution in [-0.2, 0) is 15.6 Å². The molecule has 0 aliphatic carbocycles. The minimum Gasteiger partial charge on any atom is -0.356 e. The van der Waals surface area contributed by atoms with Crippen molar-refractivity contribution in [1.29, 1.82) is 0 Å². The number of rotatable bonds is 10. The van der Waals surface area contributed by atoms with Gasteiger partial charge < -0.3 is 11.1 Å². The third kappa shape index (κ3) is 10.5. The first kappa shape index (κ1) is 16.6. The third-order valence-corrected chi connectivity index (χ3v) is 4.17. The van der Waals surface area contributed by atoms with Gasteiger partial charge in [-0.25, -0.2) is 0 Å². The molecule has 2 unspecified atom stereocenters. The molecule has 0 saturated carbocycles. The van der Waals surface area contributed by atoms with Crippen LogP contribution in [0.5, 0.6) is 0 Å². The molecule has 0 saturated heterocycles. The van der Waals surface area contributed by atoms with Crippen LogP contribution in [0.3, 0.4) is 0 Å². The number of unbranched alkanes of at least 4 members (excludes halogenated alkanes) is 3. The summed E-state index contributed by atoms with van der Waals surface area (Å²) >= 11 is 0. The third-order valence-electron chi connectivity index (χ3n) is 2.80. The van der Waals surface area contributed by atoms with Crippen LogP contribution in [0.2, 0.25) is 0 Å². The van der Waals surface area contributed by atoms with Gasteiger partial charge in [-0.1, -0.05) is 19.8 Å². The van der Waals surface area contributed by atoms with Gasteiger partial charge in [-0.3, -0.25) is 9.00 Å². The van der Waals surface area contributed by atoms with E-state index in [-0.39, 0.29) is 11.2 Å². The Hall–Kier alpha value is -0.420. The summed E-state index contributed by atoms with van der Waals surface area (Å²) in [6, 6.07) is 0. The first-order chi connectivity index (χ1) is 8.07. The normalized spacial score (nSPS) is 14.3. The van der Waals surface area contributed by atoms with Gasteiger partial charge in [-0.15, -0.1) is 0 Å². The maximum Gasteiger partial charge on any atom is 0.219 e. The zero-order chi connectivity index (χ0) is 13.1. The largest absolute Gasteiger partial charge is 0.356 e. The van der Waals surface area contributed by atoms with Gasteiger partial charge in [0.1, 0.15) is 0 Å². The second-order valence-electron chi connectivity index (χ2n) is 4.40. The highest BCUT2D eigenvalue weighted by Crippen LogP contribution is 2.02. The molecule has 2 atom stereocenters. The first-order valence-corrected chi connectivity index (χ1v) is 7.99. The smallest absolute Gasteiger partial charge is 0.219 e. The Morgan fingerprint density at radius 3 is 2.53 bits per heavy atom. The van der Waals surface area contributed by atoms with E-state index in [2.05, 4.69) is 5.32 Å². The van der Waals surface area contributed by atoms with Crippen LogP contribution >= 0.6 is 0 Å². The van der Waals surface area contributed by atoms with Gasteiger partial charge in [0, 0.05) is 35.3 Å². The van der Waals surface area contributed by atoms with Gasteiger partial charge in [0.25, 0.3) is 0 Å². The zero-order valence-electron chi connectivity index (χ0n) is 11.0. The molecule has 0 aromatic carbocycles. The number of nitrogens with one attached hydrogen (secondary N) is 1. The summed E-state index contributed by atoms with van der Waals surface area (Å²) < 4.78 is 11.1. The lowest BCUT2D eigenvalue weighted by molar-refractivity contribution is -0.121. The lowest BCUT2D eigenvalue weighted by atomic mass is 10.1. The van der Waals surface area contributed by atoms with Crippen molar-refractivity contribution in [1.82, 2.24) is 5.32 Å². The second kappa shape index (κ2) is 10.7. The molecule has 0 spiro atoms. The van der Waals surface area contributed by atoms with E-state index >= 15 is 0 Å². The summed E-state index contributed by atoms with van der Waals surface area (Å²) in [4.78, 5) is 11.4. The molecule has 0 aliphatic rings. The highest BCUT2D eigenvalue weighted by molar-refractivity contribution is 7.84. The Labute approximate surface area is 107 Å². The maximum atomic E-state index is 11.4. The topological polar surface area (TPSA) is 72.2 Å². The average molecular weight is 262 g/mol. The van der Waals surface area contributed by atoms with E-state index in [4.69, 9.17) is 5.73 Å². The Bertz CT molecular complexity index is 235. The van der Waals surface area contributed by atoms with Crippen molar-refractivity contribution in [2.45, 2.75) is 50.7 Å². The number of carbonyl (C=O) groups is 1. The van der Waals surface area contributed by atoms with Crippen LogP contribution in [0, 0.1) is 0 Å². The minimum absolute atomic E-state index is 0.104. The van der Waals surface area contributed by atoms with Crippen LogP contribution in [0.25, 0.3) is 0 Å². The van der Waals surface area contributed by atoms with E-state index in [1.807, 2.05) is 6.92 Å². The lowest BCUT2D eigenvalue weighted by Gasteiger charge is -2.09. The maximum absolute atomic E-state index is 11.4. The molecule has 0 heterocycles. The fourth-order valence-electron chi connectivity index (χ4n) is 1.45. The number of nitrogens with two attached hydrogens (primary N) is 1. The summed E-state index contributed by atoms with van der Waals surface area (Å²) in [5.41, 5.74) is 5.38. The first-order valence-electron chi connectivity index (χ1n) is 6.37. The molecule has 0 rings (SSSR count). The molecular formula is C12H26N2O2S. The van der Waals surface area contributed by atoms with E-state index in [9.17, 15) is 9.00 Å². The van der Waals surface area contributed by atoms with Crippen molar-refractivity contribution >= 4 is 16.7 Å². The highest BCUT2D eigenvalue weighted by atomic mass is 32.2. The molecule has 0 radical (unpaired) electrons. The fourth-order valence-corrected chi connectivity index (χ4v) is 1.90. The monoisotopic (exact) mass is 262 g/mol.